The Morgan fingerprint density at radius 2 is 0.815 bits per heavy atom. The summed E-state index contributed by atoms with van der Waals surface area (Å²) in [6, 6.07) is -0.617. The number of likely N-dealkylation sites (N-methyl/N-ethyl adjacent to an activating group) is 1. The van der Waals surface area contributed by atoms with Crippen LogP contribution in [0.4, 0.5) is 0 Å². The number of aliphatic carboxylic acids is 1. The molecule has 1 N–H and O–H groups in total. The van der Waals surface area contributed by atoms with E-state index in [1.165, 1.54) is 161 Å². The van der Waals surface area contributed by atoms with E-state index in [1.807, 2.05) is 21.1 Å². The van der Waals surface area contributed by atoms with Gasteiger partial charge in [-0.2, -0.15) is 0 Å². The number of carboxylic acid groups (broad SMARTS) is 1. The first kappa shape index (κ1) is 62.3. The summed E-state index contributed by atoms with van der Waals surface area (Å²) in [4.78, 5) is 37.2. The summed E-state index contributed by atoms with van der Waals surface area (Å²) in [5.41, 5.74) is 0. The van der Waals surface area contributed by atoms with Gasteiger partial charge in [0, 0.05) is 19.3 Å². The Morgan fingerprint density at radius 1 is 0.462 bits per heavy atom. The fraction of sp³-hybridized carbons (Fsp3) is 0.807. The molecule has 0 radical (unpaired) electrons. The molecule has 8 heteroatoms. The zero-order valence-corrected chi connectivity index (χ0v) is 43.2. The number of rotatable bonds is 49. The minimum Gasteiger partial charge on any atom is -0.477 e. The Hall–Kier alpha value is -2.71. The first-order valence-corrected chi connectivity index (χ1v) is 27.2. The van der Waals surface area contributed by atoms with E-state index in [0.717, 1.165) is 51.4 Å². The van der Waals surface area contributed by atoms with Crippen molar-refractivity contribution in [2.75, 3.05) is 41.0 Å². The van der Waals surface area contributed by atoms with Gasteiger partial charge < -0.3 is 23.8 Å². The van der Waals surface area contributed by atoms with Crippen molar-refractivity contribution in [2.24, 2.45) is 0 Å². The van der Waals surface area contributed by atoms with Crippen LogP contribution in [-0.4, -0.2) is 80.6 Å². The highest BCUT2D eigenvalue weighted by Gasteiger charge is 2.31. The van der Waals surface area contributed by atoms with Crippen LogP contribution in [0.1, 0.15) is 245 Å². The van der Waals surface area contributed by atoms with Crippen LogP contribution in [-0.2, 0) is 28.6 Å². The molecule has 0 aromatic rings. The maximum atomic E-state index is 12.8. The lowest BCUT2D eigenvalue weighted by Crippen LogP contribution is -2.50. The van der Waals surface area contributed by atoms with Crippen molar-refractivity contribution in [1.29, 1.82) is 0 Å². The molecule has 0 aliphatic carbocycles. The average molecular weight is 915 g/mol. The highest BCUT2D eigenvalue weighted by Crippen LogP contribution is 2.15. The van der Waals surface area contributed by atoms with E-state index in [9.17, 15) is 19.5 Å². The van der Waals surface area contributed by atoms with Crippen LogP contribution < -0.4 is 0 Å². The van der Waals surface area contributed by atoms with Gasteiger partial charge in [-0.3, -0.25) is 9.59 Å². The summed E-state index contributed by atoms with van der Waals surface area (Å²) in [7, 11) is 5.54. The maximum Gasteiger partial charge on any atom is 0.362 e. The molecule has 0 amide bonds. The highest BCUT2D eigenvalue weighted by molar-refractivity contribution is 5.72. The second-order valence-electron chi connectivity index (χ2n) is 19.5. The predicted octanol–water partition coefficient (Wildman–Crippen LogP) is 15.9. The Morgan fingerprint density at radius 3 is 1.25 bits per heavy atom. The summed E-state index contributed by atoms with van der Waals surface area (Å²) in [6.07, 6.45) is 58.7. The van der Waals surface area contributed by atoms with Crippen molar-refractivity contribution >= 4 is 17.9 Å². The molecule has 2 atom stereocenters. The van der Waals surface area contributed by atoms with Crippen LogP contribution in [0, 0.1) is 0 Å². The largest absolute Gasteiger partial charge is 0.477 e. The number of carbonyl (C=O) groups is 3. The van der Waals surface area contributed by atoms with Gasteiger partial charge in [-0.05, 0) is 77.0 Å². The second kappa shape index (κ2) is 47.8. The summed E-state index contributed by atoms with van der Waals surface area (Å²) < 4.78 is 17.4. The number of carboxylic acids is 1. The van der Waals surface area contributed by atoms with Crippen LogP contribution in [0.15, 0.2) is 48.6 Å². The normalized spacial score (nSPS) is 13.2. The third-order valence-electron chi connectivity index (χ3n) is 12.2. The van der Waals surface area contributed by atoms with Crippen LogP contribution in [0.3, 0.4) is 0 Å². The number of hydrogen-bond donors (Lipinski definition) is 1. The minimum absolute atomic E-state index is 0.0549. The maximum absolute atomic E-state index is 12.8. The first-order valence-electron chi connectivity index (χ1n) is 27.2. The molecule has 0 fully saturated rings. The van der Waals surface area contributed by atoms with Gasteiger partial charge >= 0.3 is 17.9 Å². The van der Waals surface area contributed by atoms with E-state index in [4.69, 9.17) is 14.2 Å². The van der Waals surface area contributed by atoms with Crippen molar-refractivity contribution < 1.29 is 38.2 Å². The number of nitrogens with zero attached hydrogens (tertiary/aromatic N) is 1. The van der Waals surface area contributed by atoms with Gasteiger partial charge in [0.25, 0.3) is 0 Å². The van der Waals surface area contributed by atoms with Gasteiger partial charge in [0.05, 0.1) is 34.4 Å². The van der Waals surface area contributed by atoms with Gasteiger partial charge in [-0.1, -0.05) is 197 Å². The molecule has 0 spiro atoms. The van der Waals surface area contributed by atoms with Gasteiger partial charge in [0.2, 0.25) is 0 Å². The summed E-state index contributed by atoms with van der Waals surface area (Å²) in [5, 5.41) is 9.66. The van der Waals surface area contributed by atoms with Crippen LogP contribution in [0.5, 0.6) is 0 Å². The number of ether oxygens (including phenoxy) is 3. The van der Waals surface area contributed by atoms with Gasteiger partial charge in [0.15, 0.2) is 12.1 Å². The smallest absolute Gasteiger partial charge is 0.362 e. The molecule has 0 aromatic heterocycles. The SMILES string of the molecule is CCCCC/C=C/C/C=C/C/C=C/CCCCCCCCCCCC(=O)OCC(COCCC(C(=O)O)[N+](C)(C)C)OC(=O)CCCCCCCCC/C=C/CCCCCCCCCC. The second-order valence-corrected chi connectivity index (χ2v) is 19.5. The number of hydrogen-bond acceptors (Lipinski definition) is 6. The van der Waals surface area contributed by atoms with Crippen LogP contribution in [0.2, 0.25) is 0 Å². The van der Waals surface area contributed by atoms with E-state index in [-0.39, 0.29) is 36.2 Å². The highest BCUT2D eigenvalue weighted by atomic mass is 16.6. The molecular formula is C57H104NO7+. The molecule has 0 bridgehead atoms. The molecule has 0 saturated carbocycles. The summed E-state index contributed by atoms with van der Waals surface area (Å²) in [5.74, 6) is -1.47. The molecule has 0 heterocycles. The molecular weight excluding hydrogens is 811 g/mol. The zero-order valence-electron chi connectivity index (χ0n) is 43.2. The lowest BCUT2D eigenvalue weighted by molar-refractivity contribution is -0.887. The van der Waals surface area contributed by atoms with Crippen LogP contribution in [0.25, 0.3) is 0 Å². The van der Waals surface area contributed by atoms with Gasteiger partial charge in [0.1, 0.15) is 6.61 Å². The number of unbranched alkanes of at least 4 members (excludes halogenated alkanes) is 27. The Balaban J connectivity index is 4.22. The molecule has 8 nitrogen and oxygen atoms in total. The van der Waals surface area contributed by atoms with E-state index in [0.29, 0.717) is 19.3 Å². The Labute approximate surface area is 401 Å². The van der Waals surface area contributed by atoms with Crippen LogP contribution >= 0.6 is 0 Å². The Kier molecular flexibility index (Phi) is 45.8. The summed E-state index contributed by atoms with van der Waals surface area (Å²) in [6.45, 7) is 4.73. The molecule has 0 aliphatic rings. The molecule has 65 heavy (non-hydrogen) atoms. The quantitative estimate of drug-likeness (QED) is 0.0281. The molecule has 0 saturated heterocycles. The van der Waals surface area contributed by atoms with Crippen molar-refractivity contribution in [1.82, 2.24) is 0 Å². The summed E-state index contributed by atoms with van der Waals surface area (Å²) >= 11 is 0. The number of esters is 2. The van der Waals surface area contributed by atoms with Crippen molar-refractivity contribution in [3.8, 4) is 0 Å². The number of quaternary nitrogens is 1. The Bertz CT molecular complexity index is 1200. The third-order valence-corrected chi connectivity index (χ3v) is 12.2. The van der Waals surface area contributed by atoms with E-state index < -0.39 is 18.1 Å². The van der Waals surface area contributed by atoms with Gasteiger partial charge in [-0.25, -0.2) is 4.79 Å². The fourth-order valence-corrected chi connectivity index (χ4v) is 7.98. The fourth-order valence-electron chi connectivity index (χ4n) is 7.98. The lowest BCUT2D eigenvalue weighted by Gasteiger charge is -2.31. The topological polar surface area (TPSA) is 99.1 Å². The number of allylic oxidation sites excluding steroid dienone is 8. The first-order chi connectivity index (χ1) is 31.6. The average Bonchev–Trinajstić information content (AvgIpc) is 3.27. The van der Waals surface area contributed by atoms with E-state index in [2.05, 4.69) is 62.5 Å². The molecule has 2 unspecified atom stereocenters. The van der Waals surface area contributed by atoms with Crippen molar-refractivity contribution in [3.63, 3.8) is 0 Å². The monoisotopic (exact) mass is 915 g/mol. The minimum atomic E-state index is -0.875. The standard InChI is InChI=1S/C57H103NO7/c1-6-8-10-12-14-16-18-20-22-24-26-27-28-30-31-33-35-37-39-41-43-45-47-55(59)64-52-53(51-63-50-49-54(57(61)62)58(3,4)5)65-56(60)48-46-44-42-40-38-36-34-32-29-25-23-21-19-17-15-13-11-9-7-2/h14,16,20,22,25-27,29,53-54H,6-13,15,17-19,21,23-24,28,30-52H2,1-5H3/p+1/b16-14+,22-20+,27-26+,29-25+. The third kappa shape index (κ3) is 46.2. The predicted molar refractivity (Wildman–Crippen MR) is 275 cm³/mol. The molecule has 0 aliphatic heterocycles. The van der Waals surface area contributed by atoms with Crippen molar-refractivity contribution in [2.45, 2.75) is 257 Å². The van der Waals surface area contributed by atoms with Gasteiger partial charge in [-0.15, -0.1) is 0 Å². The van der Waals surface area contributed by atoms with Crippen molar-refractivity contribution in [3.05, 3.63) is 48.6 Å². The van der Waals surface area contributed by atoms with E-state index in [1.54, 1.807) is 0 Å². The molecule has 378 valence electrons. The van der Waals surface area contributed by atoms with E-state index >= 15 is 0 Å². The number of carbonyl (C=O) groups excluding carboxylic acids is 2. The zero-order chi connectivity index (χ0) is 47.7. The molecule has 0 aromatic carbocycles. The lowest BCUT2D eigenvalue weighted by atomic mass is 10.1. The molecule has 0 rings (SSSR count).